The van der Waals surface area contributed by atoms with Gasteiger partial charge in [-0.05, 0) is 31.0 Å². The number of rotatable bonds is 5. The number of hydrogen-bond acceptors (Lipinski definition) is 2. The Kier molecular flexibility index (Phi) is 5.16. The molecule has 3 heteroatoms. The zero-order chi connectivity index (χ0) is 12.8. The Morgan fingerprint density at radius 2 is 1.94 bits per heavy atom. The number of carbonyl (C=O) groups is 1. The molecule has 1 amide bonds. The van der Waals surface area contributed by atoms with Crippen LogP contribution < -0.4 is 0 Å². The second-order valence-electron chi connectivity index (χ2n) is 4.30. The fourth-order valence-electron chi connectivity index (χ4n) is 1.59. The van der Waals surface area contributed by atoms with Gasteiger partial charge in [-0.2, -0.15) is 0 Å². The third-order valence-corrected chi connectivity index (χ3v) is 3.08. The van der Waals surface area contributed by atoms with Gasteiger partial charge in [0.15, 0.2) is 0 Å². The first-order valence-electron chi connectivity index (χ1n) is 5.95. The zero-order valence-electron chi connectivity index (χ0n) is 11.1. The summed E-state index contributed by atoms with van der Waals surface area (Å²) in [6.45, 7) is 4.71. The monoisotopic (exact) mass is 235 g/mol. The number of ether oxygens (including phenoxy) is 1. The van der Waals surface area contributed by atoms with Gasteiger partial charge < -0.3 is 9.64 Å². The maximum Gasteiger partial charge on any atom is 0.253 e. The van der Waals surface area contributed by atoms with Crippen molar-refractivity contribution >= 4 is 5.91 Å². The molecule has 0 aliphatic rings. The summed E-state index contributed by atoms with van der Waals surface area (Å²) in [4.78, 5) is 13.9. The molecule has 0 heterocycles. The molecular weight excluding hydrogens is 214 g/mol. The Balaban J connectivity index is 2.75. The van der Waals surface area contributed by atoms with Crippen molar-refractivity contribution in [3.8, 4) is 0 Å². The molecule has 0 aliphatic heterocycles. The molecule has 0 fully saturated rings. The number of methoxy groups -OCH3 is 1. The molecule has 0 saturated carbocycles. The molecule has 1 aromatic rings. The second kappa shape index (κ2) is 6.40. The fraction of sp³-hybridized carbons (Fsp3) is 0.500. The van der Waals surface area contributed by atoms with Gasteiger partial charge in [0.25, 0.3) is 5.91 Å². The van der Waals surface area contributed by atoms with Crippen LogP contribution in [0.2, 0.25) is 0 Å². The van der Waals surface area contributed by atoms with E-state index >= 15 is 0 Å². The Hall–Kier alpha value is -1.35. The van der Waals surface area contributed by atoms with Crippen molar-refractivity contribution in [3.05, 3.63) is 35.4 Å². The molecule has 0 N–H and O–H groups in total. The van der Waals surface area contributed by atoms with Crippen LogP contribution in [-0.4, -0.2) is 31.0 Å². The van der Waals surface area contributed by atoms with Crippen molar-refractivity contribution in [2.24, 2.45) is 0 Å². The van der Waals surface area contributed by atoms with E-state index in [-0.39, 0.29) is 11.9 Å². The summed E-state index contributed by atoms with van der Waals surface area (Å²) in [6.07, 6.45) is 0.962. The maximum atomic E-state index is 12.1. The molecule has 1 unspecified atom stereocenters. The summed E-state index contributed by atoms with van der Waals surface area (Å²) < 4.78 is 5.04. The number of amides is 1. The van der Waals surface area contributed by atoms with Crippen molar-refractivity contribution in [3.63, 3.8) is 0 Å². The van der Waals surface area contributed by atoms with E-state index in [0.29, 0.717) is 6.61 Å². The van der Waals surface area contributed by atoms with Crippen molar-refractivity contribution in [2.45, 2.75) is 32.9 Å². The lowest BCUT2D eigenvalue weighted by molar-refractivity contribution is 0.0740. The minimum atomic E-state index is 0.0725. The molecule has 0 aromatic heterocycles. The number of benzene rings is 1. The molecule has 0 spiro atoms. The van der Waals surface area contributed by atoms with E-state index in [2.05, 4.69) is 13.8 Å². The van der Waals surface area contributed by atoms with Gasteiger partial charge in [0.2, 0.25) is 0 Å². The number of nitrogens with zero attached hydrogens (tertiary/aromatic N) is 1. The summed E-state index contributed by atoms with van der Waals surface area (Å²) in [5.41, 5.74) is 1.81. The van der Waals surface area contributed by atoms with Gasteiger partial charge in [-0.3, -0.25) is 4.79 Å². The van der Waals surface area contributed by atoms with Gasteiger partial charge in [-0.25, -0.2) is 0 Å². The van der Waals surface area contributed by atoms with Crippen LogP contribution in [0.15, 0.2) is 24.3 Å². The number of hydrogen-bond donors (Lipinski definition) is 0. The van der Waals surface area contributed by atoms with Crippen molar-refractivity contribution in [1.82, 2.24) is 4.90 Å². The Morgan fingerprint density at radius 1 is 1.35 bits per heavy atom. The lowest BCUT2D eigenvalue weighted by Crippen LogP contribution is -2.34. The topological polar surface area (TPSA) is 29.5 Å². The van der Waals surface area contributed by atoms with E-state index in [0.717, 1.165) is 17.5 Å². The smallest absolute Gasteiger partial charge is 0.253 e. The van der Waals surface area contributed by atoms with E-state index in [1.165, 1.54) is 0 Å². The fourth-order valence-corrected chi connectivity index (χ4v) is 1.59. The van der Waals surface area contributed by atoms with Gasteiger partial charge in [0, 0.05) is 25.8 Å². The van der Waals surface area contributed by atoms with E-state index in [1.807, 2.05) is 31.3 Å². The van der Waals surface area contributed by atoms with Crippen LogP contribution in [0.5, 0.6) is 0 Å². The van der Waals surface area contributed by atoms with Crippen molar-refractivity contribution in [1.29, 1.82) is 0 Å². The van der Waals surface area contributed by atoms with E-state index in [1.54, 1.807) is 12.0 Å². The van der Waals surface area contributed by atoms with Gasteiger partial charge >= 0.3 is 0 Å². The Morgan fingerprint density at radius 3 is 2.41 bits per heavy atom. The highest BCUT2D eigenvalue weighted by molar-refractivity contribution is 5.94. The molecule has 17 heavy (non-hydrogen) atoms. The first-order valence-corrected chi connectivity index (χ1v) is 5.95. The van der Waals surface area contributed by atoms with Gasteiger partial charge in [-0.1, -0.05) is 19.1 Å². The normalized spacial score (nSPS) is 12.2. The third kappa shape index (κ3) is 3.56. The molecular formula is C14H21NO2. The molecule has 0 saturated heterocycles. The predicted molar refractivity (Wildman–Crippen MR) is 69.0 cm³/mol. The number of carbonyl (C=O) groups excluding carboxylic acids is 1. The highest BCUT2D eigenvalue weighted by atomic mass is 16.5. The first kappa shape index (κ1) is 13.7. The maximum absolute atomic E-state index is 12.1. The van der Waals surface area contributed by atoms with Crippen LogP contribution in [0.1, 0.15) is 36.2 Å². The predicted octanol–water partition coefficient (Wildman–Crippen LogP) is 2.70. The standard InChI is InChI=1S/C14H21NO2/c1-5-11(2)15(3)14(16)13-8-6-12(7-9-13)10-17-4/h6-9,11H,5,10H2,1-4H3. The summed E-state index contributed by atoms with van der Waals surface area (Å²) in [5, 5.41) is 0. The van der Waals surface area contributed by atoms with Crippen molar-refractivity contribution in [2.75, 3.05) is 14.2 Å². The largest absolute Gasteiger partial charge is 0.380 e. The molecule has 1 rings (SSSR count). The van der Waals surface area contributed by atoms with E-state index in [4.69, 9.17) is 4.74 Å². The minimum Gasteiger partial charge on any atom is -0.380 e. The SMILES string of the molecule is CCC(C)N(C)C(=O)c1ccc(COC)cc1. The Labute approximate surface area is 103 Å². The molecule has 0 bridgehead atoms. The minimum absolute atomic E-state index is 0.0725. The zero-order valence-corrected chi connectivity index (χ0v) is 11.1. The molecule has 0 radical (unpaired) electrons. The van der Waals surface area contributed by atoms with Crippen LogP contribution in [0.3, 0.4) is 0 Å². The van der Waals surface area contributed by atoms with Gasteiger partial charge in [0.05, 0.1) is 6.61 Å². The van der Waals surface area contributed by atoms with E-state index < -0.39 is 0 Å². The summed E-state index contributed by atoms with van der Waals surface area (Å²) in [6, 6.07) is 7.84. The lowest BCUT2D eigenvalue weighted by atomic mass is 10.1. The summed E-state index contributed by atoms with van der Waals surface area (Å²) in [7, 11) is 3.51. The quantitative estimate of drug-likeness (QED) is 0.785. The highest BCUT2D eigenvalue weighted by Crippen LogP contribution is 2.10. The average molecular weight is 235 g/mol. The highest BCUT2D eigenvalue weighted by Gasteiger charge is 2.15. The van der Waals surface area contributed by atoms with Gasteiger partial charge in [-0.15, -0.1) is 0 Å². The van der Waals surface area contributed by atoms with Crippen LogP contribution >= 0.6 is 0 Å². The first-order chi connectivity index (χ1) is 8.10. The molecule has 0 aliphatic carbocycles. The third-order valence-electron chi connectivity index (χ3n) is 3.08. The van der Waals surface area contributed by atoms with Crippen LogP contribution in [0, 0.1) is 0 Å². The lowest BCUT2D eigenvalue weighted by Gasteiger charge is -2.23. The van der Waals surface area contributed by atoms with Crippen LogP contribution in [0.4, 0.5) is 0 Å². The second-order valence-corrected chi connectivity index (χ2v) is 4.30. The summed E-state index contributed by atoms with van der Waals surface area (Å²) >= 11 is 0. The van der Waals surface area contributed by atoms with Gasteiger partial charge in [0.1, 0.15) is 0 Å². The molecule has 1 atom stereocenters. The summed E-state index contributed by atoms with van der Waals surface area (Å²) in [5.74, 6) is 0.0725. The Bertz CT molecular complexity index is 359. The van der Waals surface area contributed by atoms with Crippen molar-refractivity contribution < 1.29 is 9.53 Å². The van der Waals surface area contributed by atoms with E-state index in [9.17, 15) is 4.79 Å². The molecule has 3 nitrogen and oxygen atoms in total. The van der Waals surface area contributed by atoms with Crippen LogP contribution in [-0.2, 0) is 11.3 Å². The molecule has 1 aromatic carbocycles. The van der Waals surface area contributed by atoms with Crippen LogP contribution in [0.25, 0.3) is 0 Å². The average Bonchev–Trinajstić information content (AvgIpc) is 2.37. The molecule has 94 valence electrons.